The lowest BCUT2D eigenvalue weighted by molar-refractivity contribution is -0.141. The third-order valence-electron chi connectivity index (χ3n) is 2.69. The molecule has 0 spiro atoms. The highest BCUT2D eigenvalue weighted by Crippen LogP contribution is 2.35. The van der Waals surface area contributed by atoms with Crippen molar-refractivity contribution in [1.82, 2.24) is 4.90 Å². The summed E-state index contributed by atoms with van der Waals surface area (Å²) < 4.78 is 0.998. The van der Waals surface area contributed by atoms with Gasteiger partial charge < -0.3 is 10.2 Å². The maximum absolute atomic E-state index is 10.8. The number of thiophene rings is 1. The summed E-state index contributed by atoms with van der Waals surface area (Å²) in [6.45, 7) is -0.468. The summed E-state index contributed by atoms with van der Waals surface area (Å²) >= 11 is 7.71. The molecule has 20 heavy (non-hydrogen) atoms. The molecule has 5 nitrogen and oxygen atoms in total. The van der Waals surface area contributed by atoms with Gasteiger partial charge >= 0.3 is 11.9 Å². The number of nitrogens with zero attached hydrogens (tertiary/aromatic N) is 1. The Labute approximate surface area is 124 Å². The Morgan fingerprint density at radius 2 is 1.75 bits per heavy atom. The molecule has 2 N–H and O–H groups in total. The number of rotatable bonds is 6. The van der Waals surface area contributed by atoms with Crippen LogP contribution >= 0.6 is 22.9 Å². The van der Waals surface area contributed by atoms with E-state index in [-0.39, 0.29) is 19.6 Å². The molecule has 0 unspecified atom stereocenters. The molecule has 0 radical (unpaired) electrons. The molecular formula is C13H12ClNO4S. The van der Waals surface area contributed by atoms with Crippen molar-refractivity contribution in [2.24, 2.45) is 0 Å². The van der Waals surface area contributed by atoms with E-state index >= 15 is 0 Å². The molecule has 7 heteroatoms. The molecule has 2 rings (SSSR count). The topological polar surface area (TPSA) is 77.8 Å². The van der Waals surface area contributed by atoms with Crippen LogP contribution in [0.3, 0.4) is 0 Å². The van der Waals surface area contributed by atoms with E-state index in [1.54, 1.807) is 0 Å². The standard InChI is InChI=1S/C13H12ClNO4S/c14-13-8-3-1-2-4-9(8)20-10(13)5-15(6-11(16)17)7-12(18)19/h1-4H,5-7H2,(H,16,17)(H,18,19). The summed E-state index contributed by atoms with van der Waals surface area (Å²) in [7, 11) is 0. The summed E-state index contributed by atoms with van der Waals surface area (Å²) in [6.07, 6.45) is 0. The molecule has 0 bridgehead atoms. The highest BCUT2D eigenvalue weighted by molar-refractivity contribution is 7.19. The van der Waals surface area contributed by atoms with Gasteiger partial charge in [0.1, 0.15) is 0 Å². The highest BCUT2D eigenvalue weighted by atomic mass is 35.5. The largest absolute Gasteiger partial charge is 0.480 e. The number of carboxylic acids is 2. The van der Waals surface area contributed by atoms with Crippen molar-refractivity contribution in [3.63, 3.8) is 0 Å². The van der Waals surface area contributed by atoms with Crippen LogP contribution in [0.1, 0.15) is 4.88 Å². The van der Waals surface area contributed by atoms with Crippen molar-refractivity contribution >= 4 is 45.0 Å². The first kappa shape index (κ1) is 14.8. The lowest BCUT2D eigenvalue weighted by Crippen LogP contribution is -2.33. The maximum Gasteiger partial charge on any atom is 0.317 e. The van der Waals surface area contributed by atoms with Gasteiger partial charge in [-0.05, 0) is 6.07 Å². The van der Waals surface area contributed by atoms with Crippen LogP contribution in [0.4, 0.5) is 0 Å². The SMILES string of the molecule is O=C(O)CN(CC(=O)O)Cc1sc2ccccc2c1Cl. The predicted octanol–water partition coefficient (Wildman–Crippen LogP) is 2.53. The number of hydrogen-bond donors (Lipinski definition) is 2. The number of benzene rings is 1. The molecule has 0 aliphatic rings. The zero-order chi connectivity index (χ0) is 14.7. The van der Waals surface area contributed by atoms with Crippen molar-refractivity contribution in [2.75, 3.05) is 13.1 Å². The Morgan fingerprint density at radius 3 is 2.30 bits per heavy atom. The summed E-state index contributed by atoms with van der Waals surface area (Å²) in [5, 5.41) is 19.1. The molecular weight excluding hydrogens is 302 g/mol. The van der Waals surface area contributed by atoms with Gasteiger partial charge in [-0.3, -0.25) is 14.5 Å². The van der Waals surface area contributed by atoms with E-state index in [2.05, 4.69) is 0 Å². The first-order chi connectivity index (χ1) is 9.47. The highest BCUT2D eigenvalue weighted by Gasteiger charge is 2.18. The first-order valence-corrected chi connectivity index (χ1v) is 6.98. The third kappa shape index (κ3) is 3.47. The molecule has 1 aromatic heterocycles. The molecule has 0 fully saturated rings. The summed E-state index contributed by atoms with van der Waals surface area (Å²) in [4.78, 5) is 23.7. The molecule has 0 amide bonds. The van der Waals surface area contributed by atoms with E-state index in [1.165, 1.54) is 16.2 Å². The van der Waals surface area contributed by atoms with Crippen molar-refractivity contribution in [3.05, 3.63) is 34.2 Å². The van der Waals surface area contributed by atoms with Gasteiger partial charge in [0, 0.05) is 21.5 Å². The number of aliphatic carboxylic acids is 2. The summed E-state index contributed by atoms with van der Waals surface area (Å²) in [6, 6.07) is 7.58. The van der Waals surface area contributed by atoms with E-state index in [1.807, 2.05) is 24.3 Å². The predicted molar refractivity (Wildman–Crippen MR) is 77.4 cm³/mol. The minimum absolute atomic E-state index is 0.205. The van der Waals surface area contributed by atoms with E-state index in [0.29, 0.717) is 5.02 Å². The van der Waals surface area contributed by atoms with E-state index in [9.17, 15) is 9.59 Å². The fourth-order valence-corrected chi connectivity index (χ4v) is 3.45. The number of carbonyl (C=O) groups is 2. The van der Waals surface area contributed by atoms with Gasteiger partial charge in [-0.2, -0.15) is 0 Å². The van der Waals surface area contributed by atoms with Gasteiger partial charge in [0.15, 0.2) is 0 Å². The Bertz CT molecular complexity index is 639. The van der Waals surface area contributed by atoms with E-state index < -0.39 is 11.9 Å². The maximum atomic E-state index is 10.8. The van der Waals surface area contributed by atoms with Crippen molar-refractivity contribution < 1.29 is 19.8 Å². The van der Waals surface area contributed by atoms with Crippen molar-refractivity contribution in [2.45, 2.75) is 6.54 Å². The molecule has 1 aromatic carbocycles. The molecule has 0 saturated carbocycles. The van der Waals surface area contributed by atoms with Gasteiger partial charge in [-0.1, -0.05) is 29.8 Å². The molecule has 0 atom stereocenters. The summed E-state index contributed by atoms with van der Waals surface area (Å²) in [5.41, 5.74) is 0. The molecule has 0 aliphatic heterocycles. The Hall–Kier alpha value is -1.63. The Kier molecular flexibility index (Phi) is 4.59. The average Bonchev–Trinajstić information content (AvgIpc) is 2.65. The molecule has 2 aromatic rings. The molecule has 0 aliphatic carbocycles. The quantitative estimate of drug-likeness (QED) is 0.857. The van der Waals surface area contributed by atoms with E-state index in [0.717, 1.165) is 15.0 Å². The molecule has 106 valence electrons. The van der Waals surface area contributed by atoms with E-state index in [4.69, 9.17) is 21.8 Å². The number of hydrogen-bond acceptors (Lipinski definition) is 4. The number of carboxylic acid groups (broad SMARTS) is 2. The monoisotopic (exact) mass is 313 g/mol. The van der Waals surface area contributed by atoms with Gasteiger partial charge in [0.2, 0.25) is 0 Å². The summed E-state index contributed by atoms with van der Waals surface area (Å²) in [5.74, 6) is -2.13. The van der Waals surface area contributed by atoms with Crippen LogP contribution in [0.5, 0.6) is 0 Å². The molecule has 1 heterocycles. The zero-order valence-electron chi connectivity index (χ0n) is 10.4. The minimum atomic E-state index is -1.07. The smallest absolute Gasteiger partial charge is 0.317 e. The van der Waals surface area contributed by atoms with Gasteiger partial charge in [-0.15, -0.1) is 11.3 Å². The lowest BCUT2D eigenvalue weighted by atomic mass is 10.2. The second-order valence-electron chi connectivity index (χ2n) is 4.27. The second kappa shape index (κ2) is 6.21. The minimum Gasteiger partial charge on any atom is -0.480 e. The zero-order valence-corrected chi connectivity index (χ0v) is 11.9. The van der Waals surface area contributed by atoms with Gasteiger partial charge in [0.05, 0.1) is 18.1 Å². The molecule has 0 saturated heterocycles. The van der Waals surface area contributed by atoms with Crippen LogP contribution in [0.25, 0.3) is 10.1 Å². The van der Waals surface area contributed by atoms with Crippen LogP contribution in [0.2, 0.25) is 5.02 Å². The van der Waals surface area contributed by atoms with Gasteiger partial charge in [-0.25, -0.2) is 0 Å². The fourth-order valence-electron chi connectivity index (χ4n) is 1.92. The normalized spacial score (nSPS) is 11.1. The first-order valence-electron chi connectivity index (χ1n) is 5.79. The Morgan fingerprint density at radius 1 is 1.15 bits per heavy atom. The van der Waals surface area contributed by atoms with Crippen LogP contribution in [-0.2, 0) is 16.1 Å². The number of fused-ring (bicyclic) bond motifs is 1. The Balaban J connectivity index is 2.25. The van der Waals surface area contributed by atoms with Crippen LogP contribution in [0, 0.1) is 0 Å². The third-order valence-corrected chi connectivity index (χ3v) is 4.39. The fraction of sp³-hybridized carbons (Fsp3) is 0.231. The second-order valence-corrected chi connectivity index (χ2v) is 5.78. The average molecular weight is 314 g/mol. The van der Waals surface area contributed by atoms with Crippen molar-refractivity contribution in [1.29, 1.82) is 0 Å². The lowest BCUT2D eigenvalue weighted by Gasteiger charge is -2.16. The van der Waals surface area contributed by atoms with Crippen LogP contribution in [0.15, 0.2) is 24.3 Å². The van der Waals surface area contributed by atoms with Gasteiger partial charge in [0.25, 0.3) is 0 Å². The van der Waals surface area contributed by atoms with Crippen LogP contribution < -0.4 is 0 Å². The van der Waals surface area contributed by atoms with Crippen molar-refractivity contribution in [3.8, 4) is 0 Å². The van der Waals surface area contributed by atoms with Crippen LogP contribution in [-0.4, -0.2) is 40.1 Å². The number of halogens is 1.